The van der Waals surface area contributed by atoms with E-state index in [9.17, 15) is 4.79 Å². The van der Waals surface area contributed by atoms with E-state index >= 15 is 0 Å². The third-order valence-electron chi connectivity index (χ3n) is 2.07. The number of anilines is 2. The van der Waals surface area contributed by atoms with Crippen LogP contribution in [0, 0.1) is 0 Å². The maximum Gasteiger partial charge on any atom is 0.293 e. The molecule has 0 atom stereocenters. The number of carbonyl (C=O) groups is 1. The first-order valence-corrected chi connectivity index (χ1v) is 4.83. The number of benzene rings is 1. The molecule has 1 aromatic heterocycles. The van der Waals surface area contributed by atoms with Crippen molar-refractivity contribution in [3.05, 3.63) is 30.1 Å². The van der Waals surface area contributed by atoms with Crippen LogP contribution in [0.25, 0.3) is 0 Å². The van der Waals surface area contributed by atoms with Gasteiger partial charge in [-0.05, 0) is 12.1 Å². The quantitative estimate of drug-likeness (QED) is 0.721. The van der Waals surface area contributed by atoms with E-state index in [4.69, 9.17) is 10.5 Å². The average molecular weight is 233 g/mol. The van der Waals surface area contributed by atoms with Crippen molar-refractivity contribution >= 4 is 17.5 Å². The minimum absolute atomic E-state index is 0.0233. The van der Waals surface area contributed by atoms with Gasteiger partial charge in [-0.1, -0.05) is 12.1 Å². The van der Waals surface area contributed by atoms with Gasteiger partial charge in [0.2, 0.25) is 11.8 Å². The van der Waals surface area contributed by atoms with Crippen molar-refractivity contribution in [1.82, 2.24) is 15.2 Å². The molecule has 0 spiro atoms. The molecule has 0 radical (unpaired) electrons. The van der Waals surface area contributed by atoms with Crippen molar-refractivity contribution in [2.24, 2.45) is 0 Å². The second-order valence-corrected chi connectivity index (χ2v) is 3.20. The summed E-state index contributed by atoms with van der Waals surface area (Å²) in [5.41, 5.74) is 5.86. The topological polar surface area (TPSA) is 106 Å². The van der Waals surface area contributed by atoms with Gasteiger partial charge in [-0.2, -0.15) is 4.98 Å². The van der Waals surface area contributed by atoms with Gasteiger partial charge in [-0.3, -0.25) is 9.89 Å². The molecule has 1 heterocycles. The number of hydrogen-bond acceptors (Lipinski definition) is 5. The Morgan fingerprint density at radius 3 is 2.88 bits per heavy atom. The molecular formula is C10H11N5O2. The number of nitrogens with one attached hydrogen (secondary N) is 2. The van der Waals surface area contributed by atoms with Crippen molar-refractivity contribution in [3.8, 4) is 5.75 Å². The molecule has 4 N–H and O–H groups in total. The van der Waals surface area contributed by atoms with Gasteiger partial charge < -0.3 is 15.8 Å². The van der Waals surface area contributed by atoms with E-state index in [2.05, 4.69) is 20.5 Å². The number of nitrogens with zero attached hydrogens (tertiary/aromatic N) is 2. The van der Waals surface area contributed by atoms with Crippen molar-refractivity contribution < 1.29 is 9.53 Å². The number of hydrogen-bond donors (Lipinski definition) is 3. The molecule has 17 heavy (non-hydrogen) atoms. The van der Waals surface area contributed by atoms with Crippen LogP contribution >= 0.6 is 0 Å². The van der Waals surface area contributed by atoms with E-state index in [0.717, 1.165) is 0 Å². The van der Waals surface area contributed by atoms with E-state index in [1.807, 2.05) is 0 Å². The minimum atomic E-state index is -0.432. The SMILES string of the molecule is COc1ccccc1NC(=O)c1nc(N)n[nH]1. The molecule has 0 saturated carbocycles. The highest BCUT2D eigenvalue weighted by molar-refractivity contribution is 6.02. The maximum atomic E-state index is 11.7. The minimum Gasteiger partial charge on any atom is -0.495 e. The van der Waals surface area contributed by atoms with Crippen LogP contribution in [0.5, 0.6) is 5.75 Å². The molecule has 88 valence electrons. The molecule has 0 saturated heterocycles. The molecule has 7 heteroatoms. The Morgan fingerprint density at radius 1 is 1.47 bits per heavy atom. The van der Waals surface area contributed by atoms with E-state index in [0.29, 0.717) is 11.4 Å². The number of aromatic nitrogens is 3. The molecule has 7 nitrogen and oxygen atoms in total. The normalized spacial score (nSPS) is 9.94. The van der Waals surface area contributed by atoms with E-state index in [1.165, 1.54) is 7.11 Å². The van der Waals surface area contributed by atoms with Crippen LogP contribution < -0.4 is 15.8 Å². The molecule has 1 amide bonds. The monoisotopic (exact) mass is 233 g/mol. The summed E-state index contributed by atoms with van der Waals surface area (Å²) in [6.07, 6.45) is 0. The Balaban J connectivity index is 2.18. The van der Waals surface area contributed by atoms with Gasteiger partial charge in [-0.15, -0.1) is 5.10 Å². The Kier molecular flexibility index (Phi) is 2.91. The number of H-pyrrole nitrogens is 1. The van der Waals surface area contributed by atoms with E-state index < -0.39 is 5.91 Å². The second-order valence-electron chi connectivity index (χ2n) is 3.20. The van der Waals surface area contributed by atoms with Crippen LogP contribution in [0.4, 0.5) is 11.6 Å². The first-order chi connectivity index (χ1) is 8.20. The first-order valence-electron chi connectivity index (χ1n) is 4.83. The van der Waals surface area contributed by atoms with E-state index in [1.54, 1.807) is 24.3 Å². The number of aromatic amines is 1. The number of rotatable bonds is 3. The highest BCUT2D eigenvalue weighted by Gasteiger charge is 2.12. The highest BCUT2D eigenvalue weighted by atomic mass is 16.5. The summed E-state index contributed by atoms with van der Waals surface area (Å²) in [5, 5.41) is 8.63. The molecule has 0 aliphatic carbocycles. The molecule has 2 aromatic rings. The fourth-order valence-electron chi connectivity index (χ4n) is 1.31. The van der Waals surface area contributed by atoms with Crippen molar-refractivity contribution in [2.45, 2.75) is 0 Å². The molecule has 0 fully saturated rings. The fourth-order valence-corrected chi connectivity index (χ4v) is 1.31. The number of methoxy groups -OCH3 is 1. The second kappa shape index (κ2) is 4.52. The number of amides is 1. The number of nitrogens with two attached hydrogens (primary N) is 1. The summed E-state index contributed by atoms with van der Waals surface area (Å²) < 4.78 is 5.10. The molecule has 2 rings (SSSR count). The van der Waals surface area contributed by atoms with Gasteiger partial charge in [0, 0.05) is 0 Å². The predicted octanol–water partition coefficient (Wildman–Crippen LogP) is 0.648. The van der Waals surface area contributed by atoms with Crippen molar-refractivity contribution in [2.75, 3.05) is 18.2 Å². The van der Waals surface area contributed by atoms with Crippen LogP contribution in [0.2, 0.25) is 0 Å². The highest BCUT2D eigenvalue weighted by Crippen LogP contribution is 2.23. The van der Waals surface area contributed by atoms with Gasteiger partial charge in [-0.25, -0.2) is 0 Å². The average Bonchev–Trinajstić information content (AvgIpc) is 2.77. The lowest BCUT2D eigenvalue weighted by Gasteiger charge is -2.07. The summed E-state index contributed by atoms with van der Waals surface area (Å²) >= 11 is 0. The molecular weight excluding hydrogens is 222 g/mol. The van der Waals surface area contributed by atoms with Crippen LogP contribution in [0.3, 0.4) is 0 Å². The summed E-state index contributed by atoms with van der Waals surface area (Å²) in [6.45, 7) is 0. The Bertz CT molecular complexity index is 537. The summed E-state index contributed by atoms with van der Waals surface area (Å²) in [7, 11) is 1.53. The van der Waals surface area contributed by atoms with Crippen LogP contribution in [0.15, 0.2) is 24.3 Å². The number of carbonyl (C=O) groups excluding carboxylic acids is 1. The predicted molar refractivity (Wildman–Crippen MR) is 61.7 cm³/mol. The lowest BCUT2D eigenvalue weighted by atomic mass is 10.3. The molecule has 0 unspecified atom stereocenters. The van der Waals surface area contributed by atoms with Gasteiger partial charge in [0.05, 0.1) is 12.8 Å². The molecule has 0 aliphatic rings. The van der Waals surface area contributed by atoms with Gasteiger partial charge in [0.15, 0.2) is 0 Å². The zero-order chi connectivity index (χ0) is 12.3. The summed E-state index contributed by atoms with van der Waals surface area (Å²) in [5.74, 6) is 0.204. The Hall–Kier alpha value is -2.57. The van der Waals surface area contributed by atoms with Crippen LogP contribution in [-0.2, 0) is 0 Å². The van der Waals surface area contributed by atoms with Gasteiger partial charge in [0.1, 0.15) is 5.75 Å². The molecule has 0 bridgehead atoms. The van der Waals surface area contributed by atoms with Crippen LogP contribution in [0.1, 0.15) is 10.6 Å². The summed E-state index contributed by atoms with van der Waals surface area (Å²) in [4.78, 5) is 15.5. The number of para-hydroxylation sites is 2. The standard InChI is InChI=1S/C10H11N5O2/c1-17-7-5-3-2-4-6(7)12-9(16)8-13-10(11)15-14-8/h2-5H,1H3,(H,12,16)(H3,11,13,14,15). The van der Waals surface area contributed by atoms with Crippen molar-refractivity contribution in [1.29, 1.82) is 0 Å². The third-order valence-corrected chi connectivity index (χ3v) is 2.07. The smallest absolute Gasteiger partial charge is 0.293 e. The third kappa shape index (κ3) is 2.33. The maximum absolute atomic E-state index is 11.7. The molecule has 0 aliphatic heterocycles. The van der Waals surface area contributed by atoms with Gasteiger partial charge in [0.25, 0.3) is 5.91 Å². The van der Waals surface area contributed by atoms with E-state index in [-0.39, 0.29) is 11.8 Å². The van der Waals surface area contributed by atoms with Crippen molar-refractivity contribution in [3.63, 3.8) is 0 Å². The number of ether oxygens (including phenoxy) is 1. The molecule has 1 aromatic carbocycles. The first kappa shape index (κ1) is 10.9. The zero-order valence-corrected chi connectivity index (χ0v) is 9.10. The van der Waals surface area contributed by atoms with Crippen LogP contribution in [-0.4, -0.2) is 28.2 Å². The Morgan fingerprint density at radius 2 is 2.24 bits per heavy atom. The lowest BCUT2D eigenvalue weighted by molar-refractivity contribution is 0.101. The summed E-state index contributed by atoms with van der Waals surface area (Å²) in [6, 6.07) is 7.05. The zero-order valence-electron chi connectivity index (χ0n) is 9.10. The number of nitrogen functional groups attached to an aromatic ring is 1. The Labute approximate surface area is 97.0 Å². The fraction of sp³-hybridized carbons (Fsp3) is 0.100. The lowest BCUT2D eigenvalue weighted by Crippen LogP contribution is -2.14. The largest absolute Gasteiger partial charge is 0.495 e. The van der Waals surface area contributed by atoms with Gasteiger partial charge >= 0.3 is 0 Å².